The number of aromatic amines is 1. The van der Waals surface area contributed by atoms with E-state index < -0.39 is 6.04 Å². The molecule has 2 atom stereocenters. The Labute approximate surface area is 232 Å². The Kier molecular flexibility index (Phi) is 7.74. The van der Waals surface area contributed by atoms with Crippen LogP contribution in [-0.4, -0.2) is 47.8 Å². The molecule has 5 aromatic rings. The first-order valence-corrected chi connectivity index (χ1v) is 13.9. The first-order valence-electron chi connectivity index (χ1n) is 13.9. The third-order valence-electron chi connectivity index (χ3n) is 7.55. The third kappa shape index (κ3) is 5.71. The number of fused-ring (bicyclic) bond motifs is 1. The van der Waals surface area contributed by atoms with Gasteiger partial charge < -0.3 is 9.72 Å². The predicted octanol–water partition coefficient (Wildman–Crippen LogP) is 4.44. The maximum absolute atomic E-state index is 13.8. The molecule has 204 valence electrons. The van der Waals surface area contributed by atoms with Crippen molar-refractivity contribution in [3.8, 4) is 0 Å². The zero-order valence-electron chi connectivity index (χ0n) is 22.6. The van der Waals surface area contributed by atoms with Gasteiger partial charge >= 0.3 is 0 Å². The van der Waals surface area contributed by atoms with Crippen LogP contribution >= 0.6 is 0 Å². The smallest absolute Gasteiger partial charge is 0.253 e. The van der Waals surface area contributed by atoms with Gasteiger partial charge in [0.05, 0.1) is 12.6 Å². The van der Waals surface area contributed by atoms with Crippen LogP contribution < -0.4 is 5.56 Å². The van der Waals surface area contributed by atoms with Gasteiger partial charge in [0.2, 0.25) is 0 Å². The summed E-state index contributed by atoms with van der Waals surface area (Å²) in [6.07, 6.45) is 6.58. The van der Waals surface area contributed by atoms with Crippen molar-refractivity contribution in [2.45, 2.75) is 58.0 Å². The van der Waals surface area contributed by atoms with Gasteiger partial charge in [-0.3, -0.25) is 14.7 Å². The van der Waals surface area contributed by atoms with Crippen LogP contribution in [0.1, 0.15) is 53.9 Å². The lowest BCUT2D eigenvalue weighted by atomic mass is 10.0. The van der Waals surface area contributed by atoms with Crippen molar-refractivity contribution in [3.63, 3.8) is 0 Å². The summed E-state index contributed by atoms with van der Waals surface area (Å²) in [5.74, 6) is 0.617. The van der Waals surface area contributed by atoms with Crippen LogP contribution in [0.3, 0.4) is 0 Å². The summed E-state index contributed by atoms with van der Waals surface area (Å²) in [6, 6.07) is 21.9. The Balaban J connectivity index is 1.51. The molecule has 1 aliphatic rings. The zero-order chi connectivity index (χ0) is 27.3. The maximum atomic E-state index is 13.8. The number of hydrogen-bond donors (Lipinski definition) is 1. The summed E-state index contributed by atoms with van der Waals surface area (Å²) < 4.78 is 7.73. The average Bonchev–Trinajstić information content (AvgIpc) is 3.67. The number of H-pyrrole nitrogens is 1. The van der Waals surface area contributed by atoms with Gasteiger partial charge in [-0.1, -0.05) is 49.4 Å². The predicted molar refractivity (Wildman–Crippen MR) is 153 cm³/mol. The van der Waals surface area contributed by atoms with E-state index in [0.717, 1.165) is 47.9 Å². The van der Waals surface area contributed by atoms with Gasteiger partial charge in [-0.2, -0.15) is 0 Å². The van der Waals surface area contributed by atoms with E-state index in [1.165, 1.54) is 5.56 Å². The van der Waals surface area contributed by atoms with Gasteiger partial charge in [0.1, 0.15) is 6.04 Å². The second-order valence-electron chi connectivity index (χ2n) is 10.3. The molecule has 3 aromatic heterocycles. The number of nitrogens with one attached hydrogen (secondary N) is 1. The highest BCUT2D eigenvalue weighted by molar-refractivity contribution is 5.80. The van der Waals surface area contributed by atoms with E-state index in [2.05, 4.69) is 67.6 Å². The summed E-state index contributed by atoms with van der Waals surface area (Å²) in [5, 5.41) is 14.0. The van der Waals surface area contributed by atoms with E-state index in [9.17, 15) is 4.79 Å². The lowest BCUT2D eigenvalue weighted by Gasteiger charge is -2.31. The molecule has 1 N–H and O–H groups in total. The number of aryl methyl sites for hydroxylation is 1. The highest BCUT2D eigenvalue weighted by Gasteiger charge is 2.32. The average molecular weight is 536 g/mol. The molecule has 1 saturated heterocycles. The Morgan fingerprint density at radius 2 is 1.90 bits per heavy atom. The molecule has 2 unspecified atom stereocenters. The molecule has 0 bridgehead atoms. The summed E-state index contributed by atoms with van der Waals surface area (Å²) >= 11 is 0. The fourth-order valence-electron chi connectivity index (χ4n) is 5.50. The van der Waals surface area contributed by atoms with Gasteiger partial charge in [0.25, 0.3) is 5.56 Å². The largest absolute Gasteiger partial charge is 0.376 e. The summed E-state index contributed by atoms with van der Waals surface area (Å²) in [4.78, 5) is 23.5. The second-order valence-corrected chi connectivity index (χ2v) is 10.3. The lowest BCUT2D eigenvalue weighted by molar-refractivity contribution is 0.0903. The molecule has 4 heterocycles. The van der Waals surface area contributed by atoms with Crippen LogP contribution in [0.2, 0.25) is 0 Å². The lowest BCUT2D eigenvalue weighted by Crippen LogP contribution is -2.35. The summed E-state index contributed by atoms with van der Waals surface area (Å²) in [6.45, 7) is 4.55. The van der Waals surface area contributed by atoms with Crippen molar-refractivity contribution in [2.75, 3.05) is 6.61 Å². The van der Waals surface area contributed by atoms with Gasteiger partial charge in [-0.25, -0.2) is 4.68 Å². The number of ether oxygens (including phenoxy) is 1. The number of aromatic nitrogens is 6. The molecule has 0 amide bonds. The number of tetrazole rings is 1. The highest BCUT2D eigenvalue weighted by Crippen LogP contribution is 2.31. The normalized spacial score (nSPS) is 16.1. The Bertz CT molecular complexity index is 1570. The standard InChI is InChI=1S/C31H33N7O2/c1-2-22-12-13-28-25(16-22)17-27(31(39)33-28)29(30-34-35-36-38(30)21-26-11-7-15-40-26)37(19-23-8-4-3-5-9-23)20-24-10-6-14-32-18-24/h3-6,8-10,12-14,16-18,26,29H,2,7,11,15,19-21H2,1H3,(H,33,39). The molecule has 6 rings (SSSR count). The summed E-state index contributed by atoms with van der Waals surface area (Å²) in [5.41, 5.74) is 4.63. The van der Waals surface area contributed by atoms with Crippen LogP contribution in [0.4, 0.5) is 0 Å². The SMILES string of the molecule is CCc1ccc2[nH]c(=O)c(C(c3nnnn3CC3CCCO3)N(Cc3ccccc3)Cc3cccnc3)cc2c1. The topological polar surface area (TPSA) is 102 Å². The number of rotatable bonds is 10. The molecule has 0 radical (unpaired) electrons. The Morgan fingerprint density at radius 1 is 1.05 bits per heavy atom. The Hall–Kier alpha value is -4.21. The number of benzene rings is 2. The van der Waals surface area contributed by atoms with Crippen molar-refractivity contribution >= 4 is 10.9 Å². The van der Waals surface area contributed by atoms with Gasteiger partial charge in [0.15, 0.2) is 5.82 Å². The van der Waals surface area contributed by atoms with Gasteiger partial charge in [0, 0.05) is 43.2 Å². The number of nitrogens with zero attached hydrogens (tertiary/aromatic N) is 6. The van der Waals surface area contributed by atoms with Crippen molar-refractivity contribution in [1.29, 1.82) is 0 Å². The molecular formula is C31H33N7O2. The van der Waals surface area contributed by atoms with E-state index in [0.29, 0.717) is 31.0 Å². The molecular weight excluding hydrogens is 502 g/mol. The van der Waals surface area contributed by atoms with Crippen LogP contribution in [0.25, 0.3) is 10.9 Å². The van der Waals surface area contributed by atoms with Crippen molar-refractivity contribution in [3.05, 3.63) is 118 Å². The first kappa shape index (κ1) is 26.0. The minimum Gasteiger partial charge on any atom is -0.376 e. The molecule has 9 nitrogen and oxygen atoms in total. The monoisotopic (exact) mass is 535 g/mol. The van der Waals surface area contributed by atoms with E-state index >= 15 is 0 Å². The molecule has 40 heavy (non-hydrogen) atoms. The van der Waals surface area contributed by atoms with E-state index in [1.807, 2.05) is 47.3 Å². The first-order chi connectivity index (χ1) is 19.7. The Morgan fingerprint density at radius 3 is 2.67 bits per heavy atom. The van der Waals surface area contributed by atoms with E-state index in [1.54, 1.807) is 6.20 Å². The minimum absolute atomic E-state index is 0.0470. The highest BCUT2D eigenvalue weighted by atomic mass is 16.5. The molecule has 0 aliphatic carbocycles. The quantitative estimate of drug-likeness (QED) is 0.282. The molecule has 1 aliphatic heterocycles. The molecule has 2 aromatic carbocycles. The second kappa shape index (κ2) is 11.9. The van der Waals surface area contributed by atoms with Crippen molar-refractivity contribution in [1.82, 2.24) is 35.1 Å². The van der Waals surface area contributed by atoms with Crippen LogP contribution in [0.5, 0.6) is 0 Å². The van der Waals surface area contributed by atoms with E-state index in [4.69, 9.17) is 4.74 Å². The zero-order valence-corrected chi connectivity index (χ0v) is 22.6. The van der Waals surface area contributed by atoms with Crippen LogP contribution in [0.15, 0.2) is 83.9 Å². The van der Waals surface area contributed by atoms with E-state index in [-0.39, 0.29) is 11.7 Å². The fraction of sp³-hybridized carbons (Fsp3) is 0.323. The maximum Gasteiger partial charge on any atom is 0.253 e. The van der Waals surface area contributed by atoms with Crippen LogP contribution in [-0.2, 0) is 30.8 Å². The number of hydrogen-bond acceptors (Lipinski definition) is 7. The van der Waals surface area contributed by atoms with Crippen LogP contribution in [0, 0.1) is 0 Å². The third-order valence-corrected chi connectivity index (χ3v) is 7.55. The van der Waals surface area contributed by atoms with Crippen molar-refractivity contribution < 1.29 is 4.74 Å². The molecule has 1 fully saturated rings. The van der Waals surface area contributed by atoms with Gasteiger partial charge in [-0.15, -0.1) is 5.10 Å². The fourth-order valence-corrected chi connectivity index (χ4v) is 5.50. The molecule has 0 spiro atoms. The molecule has 0 saturated carbocycles. The van der Waals surface area contributed by atoms with Crippen molar-refractivity contribution in [2.24, 2.45) is 0 Å². The molecule has 9 heteroatoms. The minimum atomic E-state index is -0.518. The van der Waals surface area contributed by atoms with Gasteiger partial charge in [-0.05, 0) is 76.0 Å². The number of pyridine rings is 2. The summed E-state index contributed by atoms with van der Waals surface area (Å²) in [7, 11) is 0.